The number of carbonyl (C=O) groups excluding carboxylic acids is 2. The fraction of sp³-hybridized carbons (Fsp3) is 0.500. The molecule has 1 heterocycles. The molecule has 0 aliphatic heterocycles. The Morgan fingerprint density at radius 1 is 1.38 bits per heavy atom. The number of thiophene rings is 1. The third kappa shape index (κ3) is 6.88. The van der Waals surface area contributed by atoms with Crippen molar-refractivity contribution in [3.8, 4) is 6.07 Å². The van der Waals surface area contributed by atoms with Gasteiger partial charge >= 0.3 is 5.97 Å². The van der Waals surface area contributed by atoms with E-state index in [1.54, 1.807) is 18.4 Å². The molecule has 1 amide bonds. The van der Waals surface area contributed by atoms with Crippen molar-refractivity contribution in [1.82, 2.24) is 5.32 Å². The summed E-state index contributed by atoms with van der Waals surface area (Å²) in [6.45, 7) is 3.37. The summed E-state index contributed by atoms with van der Waals surface area (Å²) in [4.78, 5) is 22.8. The normalized spacial score (nSPS) is 9.90. The van der Waals surface area contributed by atoms with E-state index >= 15 is 0 Å². The molecule has 2 N–H and O–H groups in total. The van der Waals surface area contributed by atoms with Crippen LogP contribution in [-0.2, 0) is 14.3 Å². The van der Waals surface area contributed by atoms with Crippen LogP contribution in [-0.4, -0.2) is 31.6 Å². The molecule has 0 unspecified atom stereocenters. The Bertz CT molecular complexity index is 508. The Kier molecular flexibility index (Phi) is 8.09. The molecule has 0 fully saturated rings. The maximum absolute atomic E-state index is 11.7. The Hall–Kier alpha value is -1.91. The van der Waals surface area contributed by atoms with Gasteiger partial charge in [-0.25, -0.2) is 0 Å². The van der Waals surface area contributed by atoms with E-state index in [-0.39, 0.29) is 11.9 Å². The van der Waals surface area contributed by atoms with Crippen LogP contribution in [0, 0.1) is 11.3 Å². The molecular weight excluding hydrogens is 290 g/mol. The second-order valence-electron chi connectivity index (χ2n) is 4.23. The van der Waals surface area contributed by atoms with Gasteiger partial charge in [0, 0.05) is 19.4 Å². The minimum atomic E-state index is -0.196. The summed E-state index contributed by atoms with van der Waals surface area (Å²) in [6, 6.07) is 3.70. The Labute approximate surface area is 128 Å². The minimum Gasteiger partial charge on any atom is -0.466 e. The summed E-state index contributed by atoms with van der Waals surface area (Å²) in [5.74, 6) is -0.328. The van der Waals surface area contributed by atoms with Crippen molar-refractivity contribution in [2.24, 2.45) is 0 Å². The van der Waals surface area contributed by atoms with E-state index < -0.39 is 0 Å². The lowest BCUT2D eigenvalue weighted by Gasteiger charge is -2.05. The number of nitriles is 1. The molecule has 114 valence electrons. The summed E-state index contributed by atoms with van der Waals surface area (Å²) in [7, 11) is 0. The van der Waals surface area contributed by atoms with E-state index in [2.05, 4.69) is 10.6 Å². The zero-order chi connectivity index (χ0) is 15.5. The maximum Gasteiger partial charge on any atom is 0.305 e. The number of nitrogens with one attached hydrogen (secondary N) is 2. The average molecular weight is 309 g/mol. The van der Waals surface area contributed by atoms with Crippen LogP contribution in [0.25, 0.3) is 0 Å². The standard InChI is InChI=1S/C14H19N3O3S/c1-2-20-13(19)4-3-7-16-8-5-12(18)17-14-11(10-15)6-9-21-14/h6,9,16H,2-5,7-8H2,1H3,(H,17,18). The Balaban J connectivity index is 2.09. The van der Waals surface area contributed by atoms with Gasteiger partial charge in [-0.1, -0.05) is 0 Å². The predicted octanol–water partition coefficient (Wildman–Crippen LogP) is 1.88. The fourth-order valence-corrected chi connectivity index (χ4v) is 2.35. The molecular formula is C14H19N3O3S. The molecule has 0 bridgehead atoms. The molecule has 0 saturated carbocycles. The van der Waals surface area contributed by atoms with Crippen molar-refractivity contribution in [2.45, 2.75) is 26.2 Å². The highest BCUT2D eigenvalue weighted by molar-refractivity contribution is 7.14. The van der Waals surface area contributed by atoms with Gasteiger partial charge in [-0.2, -0.15) is 5.26 Å². The lowest BCUT2D eigenvalue weighted by molar-refractivity contribution is -0.143. The summed E-state index contributed by atoms with van der Waals surface area (Å²) in [5.41, 5.74) is 0.482. The van der Waals surface area contributed by atoms with E-state index in [1.807, 2.05) is 6.07 Å². The molecule has 1 aromatic rings. The first-order valence-corrected chi connectivity index (χ1v) is 7.69. The van der Waals surface area contributed by atoms with Gasteiger partial charge in [0.2, 0.25) is 5.91 Å². The van der Waals surface area contributed by atoms with Gasteiger partial charge in [0.15, 0.2) is 0 Å². The van der Waals surface area contributed by atoms with Crippen LogP contribution in [0.15, 0.2) is 11.4 Å². The topological polar surface area (TPSA) is 91.2 Å². The molecule has 0 saturated heterocycles. The van der Waals surface area contributed by atoms with Crippen LogP contribution in [0.5, 0.6) is 0 Å². The van der Waals surface area contributed by atoms with Gasteiger partial charge in [-0.15, -0.1) is 11.3 Å². The van der Waals surface area contributed by atoms with Crippen LogP contribution in [0.2, 0.25) is 0 Å². The van der Waals surface area contributed by atoms with Gasteiger partial charge in [0.05, 0.1) is 12.2 Å². The number of ether oxygens (including phenoxy) is 1. The smallest absolute Gasteiger partial charge is 0.305 e. The summed E-state index contributed by atoms with van der Waals surface area (Å²) >= 11 is 1.33. The second-order valence-corrected chi connectivity index (χ2v) is 5.15. The molecule has 1 rings (SSSR count). The third-order valence-electron chi connectivity index (χ3n) is 2.61. The third-order valence-corrected chi connectivity index (χ3v) is 3.44. The van der Waals surface area contributed by atoms with Crippen molar-refractivity contribution in [3.63, 3.8) is 0 Å². The zero-order valence-electron chi connectivity index (χ0n) is 12.0. The first-order valence-electron chi connectivity index (χ1n) is 6.81. The number of hydrogen-bond donors (Lipinski definition) is 2. The number of rotatable bonds is 9. The molecule has 21 heavy (non-hydrogen) atoms. The zero-order valence-corrected chi connectivity index (χ0v) is 12.8. The highest BCUT2D eigenvalue weighted by atomic mass is 32.1. The second kappa shape index (κ2) is 9.91. The lowest BCUT2D eigenvalue weighted by atomic mass is 10.3. The monoisotopic (exact) mass is 309 g/mol. The van der Waals surface area contributed by atoms with Gasteiger partial charge in [0.1, 0.15) is 11.1 Å². The van der Waals surface area contributed by atoms with Crippen LogP contribution in [0.4, 0.5) is 5.00 Å². The Morgan fingerprint density at radius 2 is 2.19 bits per heavy atom. The first-order chi connectivity index (χ1) is 10.2. The number of carbonyl (C=O) groups is 2. The van der Waals surface area contributed by atoms with E-state index in [1.165, 1.54) is 11.3 Å². The lowest BCUT2D eigenvalue weighted by Crippen LogP contribution is -2.23. The van der Waals surface area contributed by atoms with Gasteiger partial charge in [-0.3, -0.25) is 9.59 Å². The molecule has 1 aromatic heterocycles. The predicted molar refractivity (Wildman–Crippen MR) is 81.0 cm³/mol. The van der Waals surface area contributed by atoms with Crippen molar-refractivity contribution >= 4 is 28.2 Å². The first kappa shape index (κ1) is 17.1. The number of nitrogens with zero attached hydrogens (tertiary/aromatic N) is 1. The highest BCUT2D eigenvalue weighted by Crippen LogP contribution is 2.21. The van der Waals surface area contributed by atoms with Crippen molar-refractivity contribution < 1.29 is 14.3 Å². The number of amides is 1. The molecule has 0 aromatic carbocycles. The van der Waals surface area contributed by atoms with Crippen molar-refractivity contribution in [3.05, 3.63) is 17.0 Å². The summed E-state index contributed by atoms with van der Waals surface area (Å²) in [5, 5.41) is 17.0. The van der Waals surface area contributed by atoms with Crippen molar-refractivity contribution in [1.29, 1.82) is 5.26 Å². The number of esters is 1. The van der Waals surface area contributed by atoms with Crippen LogP contribution < -0.4 is 10.6 Å². The largest absolute Gasteiger partial charge is 0.466 e. The number of hydrogen-bond acceptors (Lipinski definition) is 6. The summed E-state index contributed by atoms with van der Waals surface area (Å²) in [6.07, 6.45) is 1.39. The van der Waals surface area contributed by atoms with E-state index in [0.29, 0.717) is 49.5 Å². The van der Waals surface area contributed by atoms with Crippen LogP contribution >= 0.6 is 11.3 Å². The van der Waals surface area contributed by atoms with Crippen LogP contribution in [0.3, 0.4) is 0 Å². The molecule has 0 aliphatic rings. The molecule has 0 atom stereocenters. The minimum absolute atomic E-state index is 0.133. The molecule has 0 aliphatic carbocycles. The molecule has 0 radical (unpaired) electrons. The highest BCUT2D eigenvalue weighted by Gasteiger charge is 2.07. The van der Waals surface area contributed by atoms with Crippen molar-refractivity contribution in [2.75, 3.05) is 25.0 Å². The van der Waals surface area contributed by atoms with Gasteiger partial charge < -0.3 is 15.4 Å². The van der Waals surface area contributed by atoms with E-state index in [0.717, 1.165) is 0 Å². The Morgan fingerprint density at radius 3 is 2.90 bits per heavy atom. The number of anilines is 1. The summed E-state index contributed by atoms with van der Waals surface area (Å²) < 4.78 is 4.81. The molecule has 0 spiro atoms. The molecule has 6 nitrogen and oxygen atoms in total. The van der Waals surface area contributed by atoms with Gasteiger partial charge in [0.25, 0.3) is 0 Å². The maximum atomic E-state index is 11.7. The SMILES string of the molecule is CCOC(=O)CCCNCCC(=O)Nc1sccc1C#N. The molecule has 7 heteroatoms. The van der Waals surface area contributed by atoms with E-state index in [9.17, 15) is 9.59 Å². The quantitative estimate of drug-likeness (QED) is 0.537. The fourth-order valence-electron chi connectivity index (χ4n) is 1.60. The van der Waals surface area contributed by atoms with Crippen LogP contribution in [0.1, 0.15) is 31.7 Å². The van der Waals surface area contributed by atoms with E-state index in [4.69, 9.17) is 10.00 Å². The van der Waals surface area contributed by atoms with Gasteiger partial charge in [-0.05, 0) is 31.3 Å². The average Bonchev–Trinajstić information content (AvgIpc) is 2.90.